The Bertz CT molecular complexity index is 1210. The smallest absolute Gasteiger partial charge is 0.253 e. The molecule has 1 N–H and O–H groups in total. The normalized spacial score (nSPS) is 13.9. The van der Waals surface area contributed by atoms with Crippen LogP contribution in [0, 0.1) is 27.7 Å². The van der Waals surface area contributed by atoms with Crippen LogP contribution in [0.2, 0.25) is 0 Å². The van der Waals surface area contributed by atoms with E-state index in [1.54, 1.807) is 12.4 Å². The lowest BCUT2D eigenvalue weighted by Gasteiger charge is -2.34. The van der Waals surface area contributed by atoms with Gasteiger partial charge in [-0.2, -0.15) is 0 Å². The molecule has 0 bridgehead atoms. The lowest BCUT2D eigenvalue weighted by atomic mass is 10.0. The van der Waals surface area contributed by atoms with Crippen molar-refractivity contribution >= 4 is 17.5 Å². The predicted molar refractivity (Wildman–Crippen MR) is 141 cm³/mol. The molecule has 7 nitrogen and oxygen atoms in total. The second kappa shape index (κ2) is 11.4. The van der Waals surface area contributed by atoms with Crippen molar-refractivity contribution in [3.63, 3.8) is 0 Å². The van der Waals surface area contributed by atoms with Crippen molar-refractivity contribution in [2.75, 3.05) is 38.0 Å². The second-order valence-electron chi connectivity index (χ2n) is 9.45. The summed E-state index contributed by atoms with van der Waals surface area (Å²) < 4.78 is 6.03. The Morgan fingerprint density at radius 3 is 2.33 bits per heavy atom. The maximum atomic E-state index is 13.2. The lowest BCUT2D eigenvalue weighted by Crippen LogP contribution is -2.50. The summed E-state index contributed by atoms with van der Waals surface area (Å²) in [4.78, 5) is 33.9. The van der Waals surface area contributed by atoms with E-state index in [1.165, 1.54) is 0 Å². The third-order valence-electron chi connectivity index (χ3n) is 6.72. The van der Waals surface area contributed by atoms with E-state index < -0.39 is 0 Å². The first-order valence-corrected chi connectivity index (χ1v) is 12.3. The van der Waals surface area contributed by atoms with E-state index in [0.717, 1.165) is 39.3 Å². The summed E-state index contributed by atoms with van der Waals surface area (Å²) in [7, 11) is 0. The minimum absolute atomic E-state index is 0.0134. The Morgan fingerprint density at radius 1 is 0.944 bits per heavy atom. The molecule has 3 aromatic rings. The molecule has 2 heterocycles. The van der Waals surface area contributed by atoms with Gasteiger partial charge in [-0.25, -0.2) is 0 Å². The highest BCUT2D eigenvalue weighted by Gasteiger charge is 2.24. The largest absolute Gasteiger partial charge is 0.488 e. The van der Waals surface area contributed by atoms with Crippen LogP contribution in [0.3, 0.4) is 0 Å². The fourth-order valence-corrected chi connectivity index (χ4v) is 4.51. The van der Waals surface area contributed by atoms with Crippen molar-refractivity contribution < 1.29 is 14.3 Å². The SMILES string of the molecule is Cc1cccc(NC(=O)CN2CCN(C(=O)c3cc(C)c(OCc4cccnc4)c(C)c3)CC2)c1C. The average Bonchev–Trinajstić information content (AvgIpc) is 2.87. The van der Waals surface area contributed by atoms with Crippen molar-refractivity contribution in [2.24, 2.45) is 0 Å². The van der Waals surface area contributed by atoms with Gasteiger partial charge in [0.05, 0.1) is 6.54 Å². The topological polar surface area (TPSA) is 74.8 Å². The minimum atomic E-state index is -0.0309. The van der Waals surface area contributed by atoms with Gasteiger partial charge in [0.25, 0.3) is 5.91 Å². The van der Waals surface area contributed by atoms with Crippen LogP contribution >= 0.6 is 0 Å². The van der Waals surface area contributed by atoms with Gasteiger partial charge in [0.15, 0.2) is 0 Å². The standard InChI is InChI=1S/C29H34N4O3/c1-20-7-5-9-26(23(20)4)31-27(34)18-32-11-13-33(14-12-32)29(35)25-15-21(2)28(22(3)16-25)36-19-24-8-6-10-30-17-24/h5-10,15-17H,11-14,18-19H2,1-4H3,(H,31,34). The van der Waals surface area contributed by atoms with Gasteiger partial charge in [-0.3, -0.25) is 19.5 Å². The minimum Gasteiger partial charge on any atom is -0.488 e. The Balaban J connectivity index is 1.31. The van der Waals surface area contributed by atoms with E-state index in [4.69, 9.17) is 4.74 Å². The van der Waals surface area contributed by atoms with Gasteiger partial charge in [0.1, 0.15) is 12.4 Å². The molecule has 1 aliphatic rings. The van der Waals surface area contributed by atoms with Gasteiger partial charge in [0, 0.05) is 55.4 Å². The number of carbonyl (C=O) groups is 2. The summed E-state index contributed by atoms with van der Waals surface area (Å²) in [5.41, 5.74) is 6.62. The number of aromatic nitrogens is 1. The van der Waals surface area contributed by atoms with Gasteiger partial charge >= 0.3 is 0 Å². The maximum Gasteiger partial charge on any atom is 0.253 e. The predicted octanol–water partition coefficient (Wildman–Crippen LogP) is 4.29. The first-order valence-electron chi connectivity index (χ1n) is 12.3. The molecule has 0 atom stereocenters. The van der Waals surface area contributed by atoms with E-state index in [0.29, 0.717) is 44.9 Å². The monoisotopic (exact) mass is 486 g/mol. The van der Waals surface area contributed by atoms with Crippen LogP contribution in [0.4, 0.5) is 5.69 Å². The van der Waals surface area contributed by atoms with Crippen LogP contribution in [-0.4, -0.2) is 59.3 Å². The van der Waals surface area contributed by atoms with Crippen LogP contribution in [0.25, 0.3) is 0 Å². The molecule has 0 unspecified atom stereocenters. The van der Waals surface area contributed by atoms with Crippen LogP contribution in [0.15, 0.2) is 54.9 Å². The fraction of sp³-hybridized carbons (Fsp3) is 0.345. The molecule has 2 aromatic carbocycles. The van der Waals surface area contributed by atoms with Gasteiger partial charge in [-0.1, -0.05) is 18.2 Å². The van der Waals surface area contributed by atoms with E-state index in [-0.39, 0.29) is 11.8 Å². The van der Waals surface area contributed by atoms with Crippen molar-refractivity contribution in [1.82, 2.24) is 14.8 Å². The summed E-state index contributed by atoms with van der Waals surface area (Å²) in [6.45, 7) is 11.2. The number of nitrogens with zero attached hydrogens (tertiary/aromatic N) is 3. The number of rotatable bonds is 7. The summed E-state index contributed by atoms with van der Waals surface area (Å²) in [5, 5.41) is 3.02. The van der Waals surface area contributed by atoms with Crippen molar-refractivity contribution in [3.8, 4) is 5.75 Å². The van der Waals surface area contributed by atoms with Crippen LogP contribution in [0.5, 0.6) is 5.75 Å². The molecule has 2 amide bonds. The third-order valence-corrected chi connectivity index (χ3v) is 6.72. The Labute approximate surface area is 213 Å². The molecule has 0 aliphatic carbocycles. The van der Waals surface area contributed by atoms with Crippen molar-refractivity contribution in [2.45, 2.75) is 34.3 Å². The number of nitrogens with one attached hydrogen (secondary N) is 1. The molecule has 1 aliphatic heterocycles. The molecule has 0 saturated carbocycles. The summed E-state index contributed by atoms with van der Waals surface area (Å²) in [5.74, 6) is 0.783. The number of carbonyl (C=O) groups excluding carboxylic acids is 2. The van der Waals surface area contributed by atoms with Gasteiger partial charge in [-0.15, -0.1) is 0 Å². The molecule has 4 rings (SSSR count). The average molecular weight is 487 g/mol. The van der Waals surface area contributed by atoms with E-state index >= 15 is 0 Å². The molecule has 0 radical (unpaired) electrons. The number of amides is 2. The zero-order valence-electron chi connectivity index (χ0n) is 21.5. The summed E-state index contributed by atoms with van der Waals surface area (Å²) in [6.07, 6.45) is 3.52. The number of aryl methyl sites for hydroxylation is 3. The number of piperazine rings is 1. The molecule has 36 heavy (non-hydrogen) atoms. The zero-order chi connectivity index (χ0) is 25.7. The number of ether oxygens (including phenoxy) is 1. The molecular formula is C29H34N4O3. The highest BCUT2D eigenvalue weighted by atomic mass is 16.5. The van der Waals surface area contributed by atoms with Crippen LogP contribution in [-0.2, 0) is 11.4 Å². The third kappa shape index (κ3) is 6.10. The summed E-state index contributed by atoms with van der Waals surface area (Å²) in [6, 6.07) is 13.6. The molecule has 0 spiro atoms. The number of pyridine rings is 1. The van der Waals surface area contributed by atoms with Crippen LogP contribution in [0.1, 0.15) is 38.2 Å². The quantitative estimate of drug-likeness (QED) is 0.539. The first kappa shape index (κ1) is 25.4. The molecule has 1 fully saturated rings. The lowest BCUT2D eigenvalue weighted by molar-refractivity contribution is -0.117. The number of benzene rings is 2. The Morgan fingerprint density at radius 2 is 1.67 bits per heavy atom. The fourth-order valence-electron chi connectivity index (χ4n) is 4.51. The number of hydrogen-bond donors (Lipinski definition) is 1. The van der Waals surface area contributed by atoms with E-state index in [9.17, 15) is 9.59 Å². The number of hydrogen-bond acceptors (Lipinski definition) is 5. The molecule has 1 aromatic heterocycles. The van der Waals surface area contributed by atoms with Gasteiger partial charge in [-0.05, 0) is 74.2 Å². The van der Waals surface area contributed by atoms with Crippen molar-refractivity contribution in [3.05, 3.63) is 88.2 Å². The van der Waals surface area contributed by atoms with E-state index in [1.807, 2.05) is 75.1 Å². The van der Waals surface area contributed by atoms with E-state index in [2.05, 4.69) is 15.2 Å². The molecular weight excluding hydrogens is 452 g/mol. The maximum absolute atomic E-state index is 13.2. The van der Waals surface area contributed by atoms with Crippen molar-refractivity contribution in [1.29, 1.82) is 0 Å². The number of anilines is 1. The molecule has 1 saturated heterocycles. The highest BCUT2D eigenvalue weighted by Crippen LogP contribution is 2.27. The summed E-state index contributed by atoms with van der Waals surface area (Å²) >= 11 is 0. The Kier molecular flexibility index (Phi) is 8.00. The Hall–Kier alpha value is -3.71. The highest BCUT2D eigenvalue weighted by molar-refractivity contribution is 5.95. The second-order valence-corrected chi connectivity index (χ2v) is 9.45. The first-order chi connectivity index (χ1) is 17.3. The molecule has 7 heteroatoms. The van der Waals surface area contributed by atoms with Crippen LogP contribution < -0.4 is 10.1 Å². The van der Waals surface area contributed by atoms with Gasteiger partial charge < -0.3 is 15.0 Å². The van der Waals surface area contributed by atoms with Gasteiger partial charge in [0.2, 0.25) is 5.91 Å². The zero-order valence-corrected chi connectivity index (χ0v) is 21.5. The molecule has 188 valence electrons.